The molecule has 0 amide bonds. The van der Waals surface area contributed by atoms with Crippen LogP contribution in [0.1, 0.15) is 24.8 Å². The highest BCUT2D eigenvalue weighted by Crippen LogP contribution is 2.38. The van der Waals surface area contributed by atoms with Crippen LogP contribution in [-0.4, -0.2) is 64.7 Å². The normalized spacial score (nSPS) is 21.4. The molecule has 3 N–H and O–H groups in total. The van der Waals surface area contributed by atoms with Gasteiger partial charge < -0.3 is 15.4 Å². The van der Waals surface area contributed by atoms with Gasteiger partial charge in [0.15, 0.2) is 5.82 Å². The predicted molar refractivity (Wildman–Crippen MR) is 185 cm³/mol. The van der Waals surface area contributed by atoms with E-state index in [1.807, 2.05) is 42.6 Å². The Bertz CT molecular complexity index is 2170. The summed E-state index contributed by atoms with van der Waals surface area (Å²) in [5.41, 5.74) is 5.18. The molecule has 4 heterocycles. The van der Waals surface area contributed by atoms with Crippen molar-refractivity contribution in [1.82, 2.24) is 25.2 Å². The molecule has 6 aromatic rings. The van der Waals surface area contributed by atoms with E-state index < -0.39 is 10.0 Å². The summed E-state index contributed by atoms with van der Waals surface area (Å²) < 4.78 is 30.0. The minimum absolute atomic E-state index is 0.172. The van der Waals surface area contributed by atoms with Gasteiger partial charge in [-0.2, -0.15) is 0 Å². The Hall–Kier alpha value is -4.61. The van der Waals surface area contributed by atoms with Gasteiger partial charge in [-0.15, -0.1) is 0 Å². The maximum absolute atomic E-state index is 14.3. The van der Waals surface area contributed by atoms with E-state index >= 15 is 0 Å². The Balaban J connectivity index is 1.12. The molecule has 0 spiro atoms. The summed E-state index contributed by atoms with van der Waals surface area (Å²) >= 11 is 0. The molecule has 10 heteroatoms. The van der Waals surface area contributed by atoms with Crippen molar-refractivity contribution in [2.24, 2.45) is 0 Å². The molecule has 47 heavy (non-hydrogen) atoms. The zero-order valence-electron chi connectivity index (χ0n) is 26.0. The van der Waals surface area contributed by atoms with E-state index in [9.17, 15) is 13.5 Å². The fourth-order valence-electron chi connectivity index (χ4n) is 7.31. The molecule has 0 saturated carbocycles. The first-order chi connectivity index (χ1) is 22.8. The highest BCUT2D eigenvalue weighted by atomic mass is 32.2. The number of aromatic amines is 1. The van der Waals surface area contributed by atoms with E-state index in [4.69, 9.17) is 0 Å². The van der Waals surface area contributed by atoms with Crippen LogP contribution < -0.4 is 9.62 Å². The quantitative estimate of drug-likeness (QED) is 0.187. The molecule has 9 nitrogen and oxygen atoms in total. The number of sulfonamides is 1. The van der Waals surface area contributed by atoms with Crippen molar-refractivity contribution in [3.05, 3.63) is 115 Å². The molecule has 0 radical (unpaired) electrons. The zero-order valence-corrected chi connectivity index (χ0v) is 26.8. The number of hydrogen-bond donors (Lipinski definition) is 3. The van der Waals surface area contributed by atoms with Gasteiger partial charge in [0.2, 0.25) is 0 Å². The average molecular weight is 645 g/mol. The molecule has 8 rings (SSSR count). The number of likely N-dealkylation sites (N-methyl/N-ethyl adjacent to an activating group) is 1. The average Bonchev–Trinajstić information content (AvgIpc) is 3.61. The number of piperidine rings is 1. The third kappa shape index (κ3) is 5.47. The largest absolute Gasteiger partial charge is 0.391 e. The number of H-pyrrole nitrogens is 1. The SMILES string of the molecule is CN1C2CC(NCc3ccc(-c4ccc5ncnc(N(c6ccc7[nH]ccc7c6)S(=O)(=O)c6ccccc6)c5c4)cc3)CC1C(O)C2. The van der Waals surface area contributed by atoms with Crippen LogP contribution in [0.5, 0.6) is 0 Å². The number of fused-ring (bicyclic) bond motifs is 4. The third-order valence-corrected chi connectivity index (χ3v) is 11.6. The molecule has 4 unspecified atom stereocenters. The smallest absolute Gasteiger partial charge is 0.269 e. The molecule has 2 aromatic heterocycles. The van der Waals surface area contributed by atoms with E-state index in [2.05, 4.69) is 56.5 Å². The van der Waals surface area contributed by atoms with Gasteiger partial charge in [-0.25, -0.2) is 22.7 Å². The maximum Gasteiger partial charge on any atom is 0.269 e. The lowest BCUT2D eigenvalue weighted by Crippen LogP contribution is -2.48. The number of aromatic nitrogens is 3. The molecule has 2 aliphatic heterocycles. The van der Waals surface area contributed by atoms with Gasteiger partial charge in [-0.1, -0.05) is 48.5 Å². The van der Waals surface area contributed by atoms with Crippen LogP contribution in [-0.2, 0) is 16.6 Å². The van der Waals surface area contributed by atoms with E-state index in [0.29, 0.717) is 28.7 Å². The van der Waals surface area contributed by atoms with Gasteiger partial charge in [0.1, 0.15) is 6.33 Å². The Morgan fingerprint density at radius 3 is 2.53 bits per heavy atom. The summed E-state index contributed by atoms with van der Waals surface area (Å²) in [6.07, 6.45) is 5.91. The van der Waals surface area contributed by atoms with Gasteiger partial charge in [-0.05, 0) is 91.5 Å². The fraction of sp³-hybridized carbons (Fsp3) is 0.243. The topological polar surface area (TPSA) is 114 Å². The van der Waals surface area contributed by atoms with Crippen molar-refractivity contribution < 1.29 is 13.5 Å². The van der Waals surface area contributed by atoms with Crippen LogP contribution in [0.3, 0.4) is 0 Å². The van der Waals surface area contributed by atoms with E-state index in [0.717, 1.165) is 47.8 Å². The zero-order chi connectivity index (χ0) is 32.1. The van der Waals surface area contributed by atoms with Crippen molar-refractivity contribution in [3.63, 3.8) is 0 Å². The van der Waals surface area contributed by atoms with E-state index in [-0.39, 0.29) is 22.9 Å². The number of nitrogens with zero attached hydrogens (tertiary/aromatic N) is 4. The second-order valence-electron chi connectivity index (χ2n) is 12.7. The maximum atomic E-state index is 14.3. The Kier molecular flexibility index (Phi) is 7.52. The first-order valence-corrected chi connectivity index (χ1v) is 17.4. The third-order valence-electron chi connectivity index (χ3n) is 9.88. The summed E-state index contributed by atoms with van der Waals surface area (Å²) in [6, 6.07) is 31.3. The van der Waals surface area contributed by atoms with Gasteiger partial charge in [0.25, 0.3) is 10.0 Å². The number of hydrogen-bond acceptors (Lipinski definition) is 7. The van der Waals surface area contributed by atoms with Crippen molar-refractivity contribution in [2.75, 3.05) is 11.4 Å². The first kappa shape index (κ1) is 29.8. The van der Waals surface area contributed by atoms with Crippen LogP contribution in [0.2, 0.25) is 0 Å². The summed E-state index contributed by atoms with van der Waals surface area (Å²) in [6.45, 7) is 0.762. The lowest BCUT2D eigenvalue weighted by Gasteiger charge is -2.37. The number of benzene rings is 4. The second-order valence-corrected chi connectivity index (χ2v) is 14.5. The number of rotatable bonds is 8. The molecule has 4 aromatic carbocycles. The van der Waals surface area contributed by atoms with Crippen LogP contribution in [0.25, 0.3) is 32.9 Å². The molecular formula is C37H36N6O3S. The van der Waals surface area contributed by atoms with E-state index in [1.165, 1.54) is 16.2 Å². The summed E-state index contributed by atoms with van der Waals surface area (Å²) in [5.74, 6) is 0.286. The van der Waals surface area contributed by atoms with Crippen LogP contribution in [0, 0.1) is 0 Å². The van der Waals surface area contributed by atoms with Crippen molar-refractivity contribution in [2.45, 2.75) is 54.9 Å². The lowest BCUT2D eigenvalue weighted by molar-refractivity contribution is 0.0889. The minimum atomic E-state index is -4.05. The number of aliphatic hydroxyl groups is 1. The van der Waals surface area contributed by atoms with Gasteiger partial charge >= 0.3 is 0 Å². The first-order valence-electron chi connectivity index (χ1n) is 16.0. The highest BCUT2D eigenvalue weighted by molar-refractivity contribution is 7.93. The molecular weight excluding hydrogens is 609 g/mol. The van der Waals surface area contributed by atoms with Crippen LogP contribution in [0.4, 0.5) is 11.5 Å². The number of anilines is 2. The number of nitrogens with one attached hydrogen (secondary N) is 2. The Morgan fingerprint density at radius 1 is 0.915 bits per heavy atom. The Morgan fingerprint density at radius 2 is 1.72 bits per heavy atom. The molecule has 238 valence electrons. The second kappa shape index (κ2) is 11.9. The fourth-order valence-corrected chi connectivity index (χ4v) is 8.79. The molecule has 2 aliphatic rings. The van der Waals surface area contributed by atoms with Crippen molar-refractivity contribution >= 4 is 43.3 Å². The van der Waals surface area contributed by atoms with Crippen molar-refractivity contribution in [1.29, 1.82) is 0 Å². The van der Waals surface area contributed by atoms with Gasteiger partial charge in [-0.3, -0.25) is 4.90 Å². The summed E-state index contributed by atoms with van der Waals surface area (Å²) in [7, 11) is -1.92. The summed E-state index contributed by atoms with van der Waals surface area (Å²) in [5, 5.41) is 15.6. The Labute approximate surface area is 274 Å². The monoisotopic (exact) mass is 644 g/mol. The predicted octanol–water partition coefficient (Wildman–Crippen LogP) is 5.99. The molecule has 0 aliphatic carbocycles. The van der Waals surface area contributed by atoms with Crippen LogP contribution in [0.15, 0.2) is 114 Å². The molecule has 2 bridgehead atoms. The van der Waals surface area contributed by atoms with Crippen LogP contribution >= 0.6 is 0 Å². The standard InChI is InChI=1S/C37H36N6O3S/c1-42-30-19-28(20-35(42)36(44)21-30)39-22-24-7-9-25(10-8-24)26-11-13-34-32(18-26)37(41-23-40-34)43(47(45,46)31-5-3-2-4-6-31)29-12-14-33-27(17-29)15-16-38-33/h2-18,23,28,30,35-36,38-39,44H,19-22H2,1H3. The highest BCUT2D eigenvalue weighted by Gasteiger charge is 2.43. The molecule has 2 saturated heterocycles. The van der Waals surface area contributed by atoms with Gasteiger partial charge in [0.05, 0.1) is 22.2 Å². The summed E-state index contributed by atoms with van der Waals surface area (Å²) in [4.78, 5) is 14.8. The molecule has 4 atom stereocenters. The minimum Gasteiger partial charge on any atom is -0.391 e. The van der Waals surface area contributed by atoms with Crippen molar-refractivity contribution in [3.8, 4) is 11.1 Å². The van der Waals surface area contributed by atoms with Gasteiger partial charge in [0, 0.05) is 47.2 Å². The molecule has 2 fully saturated rings. The lowest BCUT2D eigenvalue weighted by atomic mass is 9.97. The number of aliphatic hydroxyl groups excluding tert-OH is 1. The van der Waals surface area contributed by atoms with E-state index in [1.54, 1.807) is 36.4 Å².